The van der Waals surface area contributed by atoms with Gasteiger partial charge in [-0.15, -0.1) is 11.3 Å². The first-order chi connectivity index (χ1) is 8.91. The Morgan fingerprint density at radius 1 is 1.32 bits per heavy atom. The standard InChI is InChI=1S/C12H21N3O2S2/c1-10-3-4-12(18-10)11(9-13)14-5-7-15(8-6-14)19(2,16)17/h3-4,11H,5-9,13H2,1-2H3. The monoisotopic (exact) mass is 303 g/mol. The van der Waals surface area contributed by atoms with Crippen LogP contribution in [0, 0.1) is 6.92 Å². The van der Waals surface area contributed by atoms with Crippen molar-refractivity contribution in [3.05, 3.63) is 21.9 Å². The normalized spacial score (nSPS) is 20.6. The second kappa shape index (κ2) is 5.88. The molecule has 5 nitrogen and oxygen atoms in total. The van der Waals surface area contributed by atoms with Gasteiger partial charge in [-0.2, -0.15) is 4.31 Å². The number of hydrogen-bond acceptors (Lipinski definition) is 5. The van der Waals surface area contributed by atoms with Gasteiger partial charge in [0, 0.05) is 42.5 Å². The number of sulfonamides is 1. The molecule has 1 aromatic rings. The van der Waals surface area contributed by atoms with E-state index >= 15 is 0 Å². The Kier molecular flexibility index (Phi) is 4.62. The Morgan fingerprint density at radius 3 is 2.37 bits per heavy atom. The predicted octanol–water partition coefficient (Wildman–Crippen LogP) is 0.634. The van der Waals surface area contributed by atoms with E-state index in [-0.39, 0.29) is 6.04 Å². The van der Waals surface area contributed by atoms with Crippen LogP contribution in [0.1, 0.15) is 15.8 Å². The molecule has 0 radical (unpaired) electrons. The molecule has 1 saturated heterocycles. The van der Waals surface area contributed by atoms with Crippen molar-refractivity contribution in [1.29, 1.82) is 0 Å². The van der Waals surface area contributed by atoms with E-state index in [9.17, 15) is 8.42 Å². The van der Waals surface area contributed by atoms with E-state index in [0.29, 0.717) is 19.6 Å². The minimum absolute atomic E-state index is 0.209. The highest BCUT2D eigenvalue weighted by atomic mass is 32.2. The van der Waals surface area contributed by atoms with Crippen LogP contribution in [-0.4, -0.2) is 56.6 Å². The predicted molar refractivity (Wildman–Crippen MR) is 78.8 cm³/mol. The summed E-state index contributed by atoms with van der Waals surface area (Å²) in [6.07, 6.45) is 1.27. The molecule has 1 unspecified atom stereocenters. The summed E-state index contributed by atoms with van der Waals surface area (Å²) in [5, 5.41) is 0. The summed E-state index contributed by atoms with van der Waals surface area (Å²) in [4.78, 5) is 4.84. The van der Waals surface area contributed by atoms with Crippen LogP contribution in [0.3, 0.4) is 0 Å². The molecule has 1 aromatic heterocycles. The summed E-state index contributed by atoms with van der Waals surface area (Å²) in [7, 11) is -3.06. The zero-order valence-corrected chi connectivity index (χ0v) is 13.0. The Hall–Kier alpha value is -0.470. The third kappa shape index (κ3) is 3.55. The molecule has 0 saturated carbocycles. The Bertz CT molecular complexity index is 519. The van der Waals surface area contributed by atoms with Gasteiger partial charge in [0.1, 0.15) is 0 Å². The summed E-state index contributed by atoms with van der Waals surface area (Å²) in [6, 6.07) is 4.44. The summed E-state index contributed by atoms with van der Waals surface area (Å²) in [6.45, 7) is 5.25. The molecule has 1 atom stereocenters. The van der Waals surface area contributed by atoms with Crippen LogP contribution in [-0.2, 0) is 10.0 Å². The van der Waals surface area contributed by atoms with Crippen molar-refractivity contribution in [2.24, 2.45) is 5.73 Å². The number of nitrogens with two attached hydrogens (primary N) is 1. The number of thiophene rings is 1. The molecule has 0 amide bonds. The van der Waals surface area contributed by atoms with Gasteiger partial charge >= 0.3 is 0 Å². The maximum atomic E-state index is 11.5. The van der Waals surface area contributed by atoms with Crippen LogP contribution in [0.5, 0.6) is 0 Å². The Balaban J connectivity index is 2.03. The molecule has 1 aliphatic rings. The van der Waals surface area contributed by atoms with Crippen molar-refractivity contribution in [1.82, 2.24) is 9.21 Å². The second-order valence-corrected chi connectivity index (χ2v) is 8.20. The molecular weight excluding hydrogens is 282 g/mol. The lowest BCUT2D eigenvalue weighted by atomic mass is 10.2. The molecule has 2 heterocycles. The van der Waals surface area contributed by atoms with E-state index < -0.39 is 10.0 Å². The van der Waals surface area contributed by atoms with Crippen molar-refractivity contribution >= 4 is 21.4 Å². The molecule has 0 spiro atoms. The first-order valence-electron chi connectivity index (χ1n) is 6.37. The van der Waals surface area contributed by atoms with E-state index in [1.165, 1.54) is 20.3 Å². The highest BCUT2D eigenvalue weighted by Crippen LogP contribution is 2.27. The molecule has 7 heteroatoms. The molecule has 108 valence electrons. The van der Waals surface area contributed by atoms with Crippen molar-refractivity contribution in [2.75, 3.05) is 39.0 Å². The van der Waals surface area contributed by atoms with Crippen LogP contribution < -0.4 is 5.73 Å². The molecule has 19 heavy (non-hydrogen) atoms. The van der Waals surface area contributed by atoms with E-state index in [1.54, 1.807) is 11.3 Å². The van der Waals surface area contributed by atoms with E-state index in [0.717, 1.165) is 13.1 Å². The second-order valence-electron chi connectivity index (χ2n) is 4.90. The quantitative estimate of drug-likeness (QED) is 0.886. The number of hydrogen-bond donors (Lipinski definition) is 1. The molecule has 2 N–H and O–H groups in total. The van der Waals surface area contributed by atoms with Gasteiger partial charge in [0.2, 0.25) is 10.0 Å². The minimum atomic E-state index is -3.06. The number of aryl methyl sites for hydroxylation is 1. The van der Waals surface area contributed by atoms with Gasteiger partial charge in [-0.25, -0.2) is 8.42 Å². The zero-order valence-electron chi connectivity index (χ0n) is 11.4. The third-order valence-corrected chi connectivity index (χ3v) is 5.90. The number of nitrogens with zero attached hydrogens (tertiary/aromatic N) is 2. The molecule has 0 aliphatic carbocycles. The van der Waals surface area contributed by atoms with Crippen molar-refractivity contribution in [2.45, 2.75) is 13.0 Å². The fraction of sp³-hybridized carbons (Fsp3) is 0.667. The minimum Gasteiger partial charge on any atom is -0.329 e. The Morgan fingerprint density at radius 2 is 1.95 bits per heavy atom. The molecule has 0 bridgehead atoms. The third-order valence-electron chi connectivity index (χ3n) is 3.50. The fourth-order valence-electron chi connectivity index (χ4n) is 2.42. The van der Waals surface area contributed by atoms with Gasteiger partial charge in [0.05, 0.1) is 12.3 Å². The van der Waals surface area contributed by atoms with Gasteiger partial charge in [0.15, 0.2) is 0 Å². The summed E-state index contributed by atoms with van der Waals surface area (Å²) in [5.41, 5.74) is 5.90. The topological polar surface area (TPSA) is 66.6 Å². The highest BCUT2D eigenvalue weighted by molar-refractivity contribution is 7.88. The van der Waals surface area contributed by atoms with Gasteiger partial charge in [-0.1, -0.05) is 0 Å². The number of piperazine rings is 1. The molecular formula is C12H21N3O2S2. The summed E-state index contributed by atoms with van der Waals surface area (Å²) in [5.74, 6) is 0. The van der Waals surface area contributed by atoms with Crippen LogP contribution in [0.15, 0.2) is 12.1 Å². The maximum Gasteiger partial charge on any atom is 0.211 e. The molecule has 1 fully saturated rings. The van der Waals surface area contributed by atoms with Gasteiger partial charge in [-0.05, 0) is 19.1 Å². The molecule has 2 rings (SSSR count). The Labute approximate surface area is 119 Å². The van der Waals surface area contributed by atoms with E-state index in [2.05, 4.69) is 24.0 Å². The highest BCUT2D eigenvalue weighted by Gasteiger charge is 2.28. The summed E-state index contributed by atoms with van der Waals surface area (Å²) < 4.78 is 24.5. The van der Waals surface area contributed by atoms with Gasteiger partial charge in [0.25, 0.3) is 0 Å². The fourth-order valence-corrected chi connectivity index (χ4v) is 4.28. The lowest BCUT2D eigenvalue weighted by Crippen LogP contribution is -2.50. The maximum absolute atomic E-state index is 11.5. The van der Waals surface area contributed by atoms with Crippen LogP contribution >= 0.6 is 11.3 Å². The molecule has 0 aromatic carbocycles. The average Bonchev–Trinajstić information content (AvgIpc) is 2.76. The number of rotatable bonds is 4. The average molecular weight is 303 g/mol. The van der Waals surface area contributed by atoms with Crippen LogP contribution in [0.4, 0.5) is 0 Å². The summed E-state index contributed by atoms with van der Waals surface area (Å²) >= 11 is 1.77. The lowest BCUT2D eigenvalue weighted by Gasteiger charge is -2.37. The molecule has 1 aliphatic heterocycles. The first kappa shape index (κ1) is 14.9. The lowest BCUT2D eigenvalue weighted by molar-refractivity contribution is 0.142. The zero-order chi connectivity index (χ0) is 14.0. The largest absolute Gasteiger partial charge is 0.329 e. The van der Waals surface area contributed by atoms with Crippen molar-refractivity contribution in [3.63, 3.8) is 0 Å². The smallest absolute Gasteiger partial charge is 0.211 e. The van der Waals surface area contributed by atoms with Crippen LogP contribution in [0.25, 0.3) is 0 Å². The SMILES string of the molecule is Cc1ccc(C(CN)N2CCN(S(C)(=O)=O)CC2)s1. The van der Waals surface area contributed by atoms with Gasteiger partial charge in [-0.3, -0.25) is 4.90 Å². The van der Waals surface area contributed by atoms with Crippen LogP contribution in [0.2, 0.25) is 0 Å². The van der Waals surface area contributed by atoms with Gasteiger partial charge < -0.3 is 5.73 Å². The van der Waals surface area contributed by atoms with E-state index in [1.807, 2.05) is 0 Å². The van der Waals surface area contributed by atoms with Crippen molar-refractivity contribution in [3.8, 4) is 0 Å². The van der Waals surface area contributed by atoms with E-state index in [4.69, 9.17) is 5.73 Å². The first-order valence-corrected chi connectivity index (χ1v) is 9.04. The van der Waals surface area contributed by atoms with Crippen molar-refractivity contribution < 1.29 is 8.42 Å².